The highest BCUT2D eigenvalue weighted by molar-refractivity contribution is 7.17. The molecule has 1 unspecified atom stereocenters. The summed E-state index contributed by atoms with van der Waals surface area (Å²) in [6, 6.07) is 10.6. The van der Waals surface area contributed by atoms with Crippen LogP contribution in [0.3, 0.4) is 0 Å². The van der Waals surface area contributed by atoms with Gasteiger partial charge in [0.05, 0.1) is 9.80 Å². The fourth-order valence-electron chi connectivity index (χ4n) is 2.76. The maximum Gasteiger partial charge on any atom is 0.324 e. The molecule has 0 spiro atoms. The molecule has 2 heterocycles. The molecule has 1 aromatic heterocycles. The van der Waals surface area contributed by atoms with Crippen LogP contribution in [0.1, 0.15) is 16.1 Å². The molecule has 1 fully saturated rings. The molecule has 1 atom stereocenters. The van der Waals surface area contributed by atoms with Gasteiger partial charge >= 0.3 is 5.00 Å². The molecule has 0 radical (unpaired) electrons. The Labute approximate surface area is 148 Å². The Kier molecular flexibility index (Phi) is 5.01. The lowest BCUT2D eigenvalue weighted by Crippen LogP contribution is -2.30. The van der Waals surface area contributed by atoms with Gasteiger partial charge in [-0.05, 0) is 42.7 Å². The predicted octanol–water partition coefficient (Wildman–Crippen LogP) is 3.57. The van der Waals surface area contributed by atoms with Crippen LogP contribution in [0.25, 0.3) is 0 Å². The molecule has 1 aliphatic rings. The van der Waals surface area contributed by atoms with E-state index in [1.165, 1.54) is 12.1 Å². The molecule has 6 nitrogen and oxygen atoms in total. The second-order valence-corrected chi connectivity index (χ2v) is 7.18. The van der Waals surface area contributed by atoms with Gasteiger partial charge < -0.3 is 10.2 Å². The Hall–Kier alpha value is -2.12. The second-order valence-electron chi connectivity index (χ2n) is 5.68. The van der Waals surface area contributed by atoms with Gasteiger partial charge in [0, 0.05) is 36.4 Å². The minimum absolute atomic E-state index is 0.0186. The average Bonchev–Trinajstić information content (AvgIpc) is 3.23. The number of thiophene rings is 1. The number of halogens is 1. The summed E-state index contributed by atoms with van der Waals surface area (Å²) in [4.78, 5) is 24.9. The average molecular weight is 366 g/mol. The van der Waals surface area contributed by atoms with Crippen LogP contribution in [0.15, 0.2) is 36.4 Å². The third-order valence-corrected chi connectivity index (χ3v) is 5.31. The first-order valence-corrected chi connectivity index (χ1v) is 8.75. The topological polar surface area (TPSA) is 75.5 Å². The number of amides is 1. The van der Waals surface area contributed by atoms with Gasteiger partial charge in [0.25, 0.3) is 5.91 Å². The van der Waals surface area contributed by atoms with Crippen LogP contribution >= 0.6 is 22.9 Å². The first kappa shape index (κ1) is 16.7. The molecule has 0 bridgehead atoms. The van der Waals surface area contributed by atoms with Crippen LogP contribution in [0.5, 0.6) is 0 Å². The van der Waals surface area contributed by atoms with Crippen molar-refractivity contribution in [3.63, 3.8) is 0 Å². The van der Waals surface area contributed by atoms with Crippen molar-refractivity contribution in [2.45, 2.75) is 6.42 Å². The summed E-state index contributed by atoms with van der Waals surface area (Å²) >= 11 is 6.80. The quantitative estimate of drug-likeness (QED) is 0.649. The molecule has 1 aromatic carbocycles. The van der Waals surface area contributed by atoms with E-state index in [0.717, 1.165) is 36.5 Å². The molecular weight excluding hydrogens is 350 g/mol. The molecule has 1 saturated heterocycles. The van der Waals surface area contributed by atoms with Crippen molar-refractivity contribution in [2.75, 3.05) is 24.5 Å². The molecule has 8 heteroatoms. The summed E-state index contributed by atoms with van der Waals surface area (Å²) in [6.45, 7) is 2.37. The fraction of sp³-hybridized carbons (Fsp3) is 0.312. The molecular formula is C16H16ClN3O3S. The van der Waals surface area contributed by atoms with Gasteiger partial charge in [-0.1, -0.05) is 22.9 Å². The first-order chi connectivity index (χ1) is 11.5. The number of nitrogens with one attached hydrogen (secondary N) is 1. The first-order valence-electron chi connectivity index (χ1n) is 7.56. The van der Waals surface area contributed by atoms with Gasteiger partial charge in [-0.3, -0.25) is 14.9 Å². The molecule has 3 rings (SSSR count). The van der Waals surface area contributed by atoms with Gasteiger partial charge in [0.1, 0.15) is 0 Å². The van der Waals surface area contributed by atoms with Gasteiger partial charge in [-0.15, -0.1) is 0 Å². The summed E-state index contributed by atoms with van der Waals surface area (Å²) in [5.74, 6) is 0.109. The van der Waals surface area contributed by atoms with E-state index in [1.807, 2.05) is 24.3 Å². The lowest BCUT2D eigenvalue weighted by molar-refractivity contribution is -0.380. The molecule has 126 valence electrons. The van der Waals surface area contributed by atoms with Gasteiger partial charge in [-0.2, -0.15) is 0 Å². The van der Waals surface area contributed by atoms with Crippen molar-refractivity contribution in [3.05, 3.63) is 56.4 Å². The molecule has 0 saturated carbocycles. The molecule has 1 amide bonds. The maximum atomic E-state index is 12.1. The van der Waals surface area contributed by atoms with Crippen molar-refractivity contribution in [1.29, 1.82) is 0 Å². The van der Waals surface area contributed by atoms with Gasteiger partial charge in [0.2, 0.25) is 0 Å². The zero-order chi connectivity index (χ0) is 17.1. The van der Waals surface area contributed by atoms with Crippen LogP contribution < -0.4 is 10.2 Å². The summed E-state index contributed by atoms with van der Waals surface area (Å²) < 4.78 is 0. The minimum atomic E-state index is -0.484. The number of rotatable bonds is 5. The van der Waals surface area contributed by atoms with Crippen molar-refractivity contribution in [2.24, 2.45) is 5.92 Å². The smallest absolute Gasteiger partial charge is 0.324 e. The lowest BCUT2D eigenvalue weighted by Gasteiger charge is -2.18. The van der Waals surface area contributed by atoms with Crippen LogP contribution in [-0.4, -0.2) is 30.5 Å². The lowest BCUT2D eigenvalue weighted by atomic mass is 10.1. The third-order valence-electron chi connectivity index (χ3n) is 4.02. The Balaban J connectivity index is 1.51. The monoisotopic (exact) mass is 365 g/mol. The Bertz CT molecular complexity index is 747. The van der Waals surface area contributed by atoms with E-state index in [9.17, 15) is 14.9 Å². The highest BCUT2D eigenvalue weighted by atomic mass is 35.5. The van der Waals surface area contributed by atoms with Crippen molar-refractivity contribution in [3.8, 4) is 0 Å². The molecule has 1 N–H and O–H groups in total. The minimum Gasteiger partial charge on any atom is -0.371 e. The largest absolute Gasteiger partial charge is 0.371 e. The summed E-state index contributed by atoms with van der Waals surface area (Å²) in [6.07, 6.45) is 0.994. The summed E-state index contributed by atoms with van der Waals surface area (Å²) in [5, 5.41) is 14.2. The van der Waals surface area contributed by atoms with E-state index in [-0.39, 0.29) is 10.9 Å². The number of benzene rings is 1. The van der Waals surface area contributed by atoms with Gasteiger partial charge in [0.15, 0.2) is 0 Å². The van der Waals surface area contributed by atoms with Crippen molar-refractivity contribution >= 4 is 39.5 Å². The number of hydrogen-bond donors (Lipinski definition) is 1. The third kappa shape index (κ3) is 3.85. The van der Waals surface area contributed by atoms with E-state index >= 15 is 0 Å². The van der Waals surface area contributed by atoms with Crippen LogP contribution in [0, 0.1) is 16.0 Å². The number of anilines is 1. The maximum absolute atomic E-state index is 12.1. The molecule has 0 aliphatic carbocycles. The predicted molar refractivity (Wildman–Crippen MR) is 95.1 cm³/mol. The van der Waals surface area contributed by atoms with E-state index in [4.69, 9.17) is 11.6 Å². The SMILES string of the molecule is O=C(NCC1CCN(c2ccc(Cl)cc2)C1)c1ccc([N+](=O)[O-])s1. The second kappa shape index (κ2) is 7.19. The van der Waals surface area contributed by atoms with Crippen molar-refractivity contribution < 1.29 is 9.72 Å². The molecule has 24 heavy (non-hydrogen) atoms. The van der Waals surface area contributed by atoms with E-state index in [0.29, 0.717) is 22.4 Å². The number of nitro groups is 1. The standard InChI is InChI=1S/C16H16ClN3O3S/c17-12-1-3-13(4-2-12)19-8-7-11(10-19)9-18-16(21)14-5-6-15(24-14)20(22)23/h1-6,11H,7-10H2,(H,18,21). The van der Waals surface area contributed by atoms with Gasteiger partial charge in [-0.25, -0.2) is 0 Å². The van der Waals surface area contributed by atoms with Crippen molar-refractivity contribution in [1.82, 2.24) is 5.32 Å². The molecule has 2 aromatic rings. The van der Waals surface area contributed by atoms with E-state index in [1.54, 1.807) is 0 Å². The Morgan fingerprint density at radius 1 is 1.33 bits per heavy atom. The number of hydrogen-bond acceptors (Lipinski definition) is 5. The zero-order valence-corrected chi connectivity index (χ0v) is 14.3. The number of carbonyl (C=O) groups is 1. The molecule has 1 aliphatic heterocycles. The highest BCUT2D eigenvalue weighted by Crippen LogP contribution is 2.26. The summed E-state index contributed by atoms with van der Waals surface area (Å²) in [5.41, 5.74) is 1.13. The van der Waals surface area contributed by atoms with Crippen LogP contribution in [-0.2, 0) is 0 Å². The zero-order valence-electron chi connectivity index (χ0n) is 12.8. The summed E-state index contributed by atoms with van der Waals surface area (Å²) in [7, 11) is 0. The highest BCUT2D eigenvalue weighted by Gasteiger charge is 2.24. The van der Waals surface area contributed by atoms with Crippen LogP contribution in [0.4, 0.5) is 10.7 Å². The Morgan fingerprint density at radius 2 is 2.08 bits per heavy atom. The number of nitrogens with zero attached hydrogens (tertiary/aromatic N) is 2. The normalized spacial score (nSPS) is 17.0. The van der Waals surface area contributed by atoms with Crippen LogP contribution in [0.2, 0.25) is 5.02 Å². The number of carbonyl (C=O) groups excluding carboxylic acids is 1. The van der Waals surface area contributed by atoms with E-state index in [2.05, 4.69) is 10.2 Å². The van der Waals surface area contributed by atoms with E-state index < -0.39 is 4.92 Å². The Morgan fingerprint density at radius 3 is 2.75 bits per heavy atom. The fourth-order valence-corrected chi connectivity index (χ4v) is 3.62.